The molecule has 192 valence electrons. The lowest BCUT2D eigenvalue weighted by Gasteiger charge is -2.11. The number of anilines is 1. The molecule has 0 saturated carbocycles. The van der Waals surface area contributed by atoms with Gasteiger partial charge in [0, 0.05) is 31.5 Å². The van der Waals surface area contributed by atoms with Gasteiger partial charge in [0.2, 0.25) is 0 Å². The second kappa shape index (κ2) is 12.7. The Morgan fingerprint density at radius 3 is 2.51 bits per heavy atom. The molecule has 1 heterocycles. The smallest absolute Gasteiger partial charge is 0.335 e. The van der Waals surface area contributed by atoms with E-state index in [-0.39, 0.29) is 34.0 Å². The summed E-state index contributed by atoms with van der Waals surface area (Å²) in [6, 6.07) is 14.8. The molecule has 0 spiro atoms. The molecule has 3 aromatic rings. The Morgan fingerprint density at radius 1 is 1.19 bits per heavy atom. The van der Waals surface area contributed by atoms with Crippen LogP contribution in [0.2, 0.25) is 0 Å². The third kappa shape index (κ3) is 6.94. The minimum Gasteiger partial charge on any atom is -0.490 e. The van der Waals surface area contributed by atoms with Crippen molar-refractivity contribution in [2.45, 2.75) is 32.9 Å². The topological polar surface area (TPSA) is 131 Å². The molecule has 0 fully saturated rings. The maximum atomic E-state index is 13.4. The van der Waals surface area contributed by atoms with Gasteiger partial charge in [-0.1, -0.05) is 18.2 Å². The number of carboxylic acids is 1. The van der Waals surface area contributed by atoms with Crippen LogP contribution in [0.1, 0.15) is 36.2 Å². The number of methoxy groups -OCH3 is 1. The Labute approximate surface area is 217 Å². The first-order chi connectivity index (χ1) is 17.7. The number of aromatic nitrogens is 1. The summed E-state index contributed by atoms with van der Waals surface area (Å²) in [6.07, 6.45) is 2.13. The van der Waals surface area contributed by atoms with E-state index in [1.54, 1.807) is 13.2 Å². The van der Waals surface area contributed by atoms with Crippen molar-refractivity contribution >= 4 is 40.5 Å². The third-order valence-electron chi connectivity index (χ3n) is 5.15. The van der Waals surface area contributed by atoms with Crippen molar-refractivity contribution in [2.24, 2.45) is 0 Å². The summed E-state index contributed by atoms with van der Waals surface area (Å²) in [4.78, 5) is 37.5. The highest BCUT2D eigenvalue weighted by atomic mass is 32.1. The van der Waals surface area contributed by atoms with Crippen molar-refractivity contribution in [2.75, 3.05) is 19.0 Å². The second-order valence-corrected chi connectivity index (χ2v) is 9.28. The highest BCUT2D eigenvalue weighted by Crippen LogP contribution is 2.20. The van der Waals surface area contributed by atoms with Crippen molar-refractivity contribution in [3.8, 4) is 11.8 Å². The number of thiazole rings is 1. The normalized spacial score (nSPS) is 12.2. The highest BCUT2D eigenvalue weighted by molar-refractivity contribution is 7.07. The Bertz CT molecular complexity index is 1500. The first-order valence-electron chi connectivity index (χ1n) is 11.5. The highest BCUT2D eigenvalue weighted by Gasteiger charge is 2.17. The molecule has 37 heavy (non-hydrogen) atoms. The van der Waals surface area contributed by atoms with Crippen LogP contribution in [0.15, 0.2) is 53.3 Å². The van der Waals surface area contributed by atoms with Gasteiger partial charge in [-0.15, -0.1) is 11.3 Å². The van der Waals surface area contributed by atoms with Gasteiger partial charge in [-0.3, -0.25) is 14.2 Å². The molecule has 0 aliphatic rings. The Balaban J connectivity index is 2.12. The maximum absolute atomic E-state index is 13.4. The van der Waals surface area contributed by atoms with Gasteiger partial charge in [-0.25, -0.2) is 4.79 Å². The average Bonchev–Trinajstić information content (AvgIpc) is 3.15. The number of nitrogens with one attached hydrogen (secondary N) is 1. The van der Waals surface area contributed by atoms with Crippen LogP contribution in [-0.4, -0.2) is 41.4 Å². The van der Waals surface area contributed by atoms with Crippen LogP contribution in [0.4, 0.5) is 5.69 Å². The first-order valence-corrected chi connectivity index (χ1v) is 12.3. The predicted octanol–water partition coefficient (Wildman–Crippen LogP) is 2.57. The fourth-order valence-corrected chi connectivity index (χ4v) is 4.58. The van der Waals surface area contributed by atoms with Crippen LogP contribution in [0.3, 0.4) is 0 Å². The lowest BCUT2D eigenvalue weighted by atomic mass is 10.2. The number of carboxylic acid groups (broad SMARTS) is 1. The molecule has 0 radical (unpaired) electrons. The molecule has 0 atom stereocenters. The molecule has 9 nitrogen and oxygen atoms in total. The standard InChI is InChI=1S/C27H27N3O6S/c1-17(2)36-22-8-5-4-7-19(22)15-23-25(32)30(13-6-14-35-3)26(37-23)21(16-28)24(31)29-20-11-9-18(10-12-20)27(33)34/h4-5,7-12,15,17H,6,13-14H2,1-3H3,(H,29,31)(H,33,34)/b23-15+,26-21-. The number of hydrogen-bond acceptors (Lipinski definition) is 7. The van der Waals surface area contributed by atoms with Crippen molar-refractivity contribution in [1.82, 2.24) is 4.57 Å². The van der Waals surface area contributed by atoms with Crippen LogP contribution >= 0.6 is 11.3 Å². The SMILES string of the molecule is COCCCn1c(=O)/c(=C\c2ccccc2OC(C)C)s/c1=C(/C#N)C(=O)Nc1ccc(C(=O)O)cc1. The Hall–Kier alpha value is -4.20. The number of rotatable bonds is 10. The number of carbonyl (C=O) groups is 2. The minimum atomic E-state index is -1.09. The van der Waals surface area contributed by atoms with E-state index in [2.05, 4.69) is 5.32 Å². The van der Waals surface area contributed by atoms with E-state index in [0.29, 0.717) is 34.6 Å². The lowest BCUT2D eigenvalue weighted by molar-refractivity contribution is -0.111. The molecule has 10 heteroatoms. The summed E-state index contributed by atoms with van der Waals surface area (Å²) in [6.45, 7) is 4.47. The molecule has 0 saturated heterocycles. The van der Waals surface area contributed by atoms with Crippen LogP contribution in [0.5, 0.6) is 5.75 Å². The number of carbonyl (C=O) groups excluding carboxylic acids is 1. The quantitative estimate of drug-likeness (QED) is 0.392. The summed E-state index contributed by atoms with van der Waals surface area (Å²) in [5.74, 6) is -1.18. The lowest BCUT2D eigenvalue weighted by Crippen LogP contribution is -2.34. The summed E-state index contributed by atoms with van der Waals surface area (Å²) < 4.78 is 12.9. The molecule has 2 aromatic carbocycles. The van der Waals surface area contributed by atoms with Crippen LogP contribution in [0, 0.1) is 11.3 Å². The molecule has 0 aliphatic carbocycles. The Kier molecular flexibility index (Phi) is 9.38. The van der Waals surface area contributed by atoms with Gasteiger partial charge < -0.3 is 19.9 Å². The summed E-state index contributed by atoms with van der Waals surface area (Å²) in [5, 5.41) is 21.6. The number of hydrogen-bond donors (Lipinski definition) is 2. The van der Waals surface area contributed by atoms with Crippen molar-refractivity contribution in [3.05, 3.63) is 79.2 Å². The molecule has 0 bridgehead atoms. The summed E-state index contributed by atoms with van der Waals surface area (Å²) in [5.41, 5.74) is 0.524. The van der Waals surface area contributed by atoms with Crippen LogP contribution in [0.25, 0.3) is 11.6 Å². The third-order valence-corrected chi connectivity index (χ3v) is 6.28. The molecular weight excluding hydrogens is 494 g/mol. The van der Waals surface area contributed by atoms with Crippen LogP contribution < -0.4 is 24.8 Å². The summed E-state index contributed by atoms with van der Waals surface area (Å²) >= 11 is 1.04. The number of benzene rings is 2. The molecule has 1 amide bonds. The molecule has 0 unspecified atom stereocenters. The monoisotopic (exact) mass is 521 g/mol. The van der Waals surface area contributed by atoms with E-state index < -0.39 is 11.9 Å². The van der Waals surface area contributed by atoms with Gasteiger partial charge in [-0.2, -0.15) is 5.26 Å². The zero-order valence-electron chi connectivity index (χ0n) is 20.7. The first kappa shape index (κ1) is 27.4. The molecular formula is C27H27N3O6S. The van der Waals surface area contributed by atoms with E-state index in [9.17, 15) is 19.6 Å². The number of ether oxygens (including phenoxy) is 2. The number of amides is 1. The maximum Gasteiger partial charge on any atom is 0.335 e. The number of aromatic carboxylic acids is 1. The van der Waals surface area contributed by atoms with Crippen molar-refractivity contribution in [3.63, 3.8) is 0 Å². The Morgan fingerprint density at radius 2 is 1.89 bits per heavy atom. The van der Waals surface area contributed by atoms with Gasteiger partial charge in [0.05, 0.1) is 16.2 Å². The zero-order chi connectivity index (χ0) is 26.9. The minimum absolute atomic E-state index is 0.0640. The fourth-order valence-electron chi connectivity index (χ4n) is 3.46. The van der Waals surface area contributed by atoms with E-state index in [0.717, 1.165) is 11.3 Å². The largest absolute Gasteiger partial charge is 0.490 e. The van der Waals surface area contributed by atoms with Gasteiger partial charge >= 0.3 is 5.97 Å². The zero-order valence-corrected chi connectivity index (χ0v) is 21.5. The van der Waals surface area contributed by atoms with E-state index in [1.807, 2.05) is 44.2 Å². The molecule has 1 aromatic heterocycles. The summed E-state index contributed by atoms with van der Waals surface area (Å²) in [7, 11) is 1.55. The van der Waals surface area contributed by atoms with Gasteiger partial charge in [0.1, 0.15) is 16.5 Å². The molecule has 0 aliphatic heterocycles. The fraction of sp³-hybridized carbons (Fsp3) is 0.259. The van der Waals surface area contributed by atoms with Gasteiger partial charge in [-0.05, 0) is 56.7 Å². The van der Waals surface area contributed by atoms with E-state index >= 15 is 0 Å². The van der Waals surface area contributed by atoms with Crippen molar-refractivity contribution < 1.29 is 24.2 Å². The van der Waals surface area contributed by atoms with Gasteiger partial charge in [0.15, 0.2) is 5.57 Å². The van der Waals surface area contributed by atoms with Crippen molar-refractivity contribution in [1.29, 1.82) is 5.26 Å². The second-order valence-electron chi connectivity index (χ2n) is 8.25. The average molecular weight is 522 g/mol. The van der Waals surface area contributed by atoms with Gasteiger partial charge in [0.25, 0.3) is 11.5 Å². The number of para-hydroxylation sites is 1. The van der Waals surface area contributed by atoms with E-state index in [4.69, 9.17) is 14.6 Å². The molecule has 2 N–H and O–H groups in total. The predicted molar refractivity (Wildman–Crippen MR) is 141 cm³/mol. The van der Waals surface area contributed by atoms with Crippen LogP contribution in [-0.2, 0) is 16.1 Å². The number of nitrogens with zero attached hydrogens (tertiary/aromatic N) is 2. The number of nitriles is 1. The molecule has 3 rings (SSSR count). The van der Waals surface area contributed by atoms with E-state index in [1.165, 1.54) is 28.8 Å².